The van der Waals surface area contributed by atoms with E-state index in [0.717, 1.165) is 29.4 Å². The Bertz CT molecular complexity index is 848. The zero-order valence-corrected chi connectivity index (χ0v) is 15.9. The molecule has 0 amide bonds. The van der Waals surface area contributed by atoms with Crippen LogP contribution in [0.3, 0.4) is 0 Å². The number of hydrogen-bond acceptors (Lipinski definition) is 5. The lowest BCUT2D eigenvalue weighted by Gasteiger charge is -2.15. The lowest BCUT2D eigenvalue weighted by molar-refractivity contribution is 0.0898. The van der Waals surface area contributed by atoms with Crippen LogP contribution in [0.15, 0.2) is 18.3 Å². The predicted octanol–water partition coefficient (Wildman–Crippen LogP) is 2.85. The molecule has 0 aliphatic carbocycles. The number of ether oxygens (including phenoxy) is 1. The number of hydrogen-bond donors (Lipinski definition) is 0. The van der Waals surface area contributed by atoms with Crippen molar-refractivity contribution in [3.63, 3.8) is 0 Å². The fourth-order valence-electron chi connectivity index (χ4n) is 2.55. The molecule has 0 N–H and O–H groups in total. The summed E-state index contributed by atoms with van der Waals surface area (Å²) in [6.45, 7) is 10.5. The maximum Gasteiger partial charge on any atom is 0.200 e. The first-order valence-electron chi connectivity index (χ1n) is 8.12. The van der Waals surface area contributed by atoms with Gasteiger partial charge in [0, 0.05) is 33.3 Å². The fourth-order valence-corrected chi connectivity index (χ4v) is 3.31. The van der Waals surface area contributed by atoms with Gasteiger partial charge in [-0.3, -0.25) is 0 Å². The monoisotopic (exact) mass is 344 g/mol. The molecule has 128 valence electrons. The van der Waals surface area contributed by atoms with Crippen molar-refractivity contribution < 1.29 is 4.74 Å². The molecule has 0 aliphatic rings. The van der Waals surface area contributed by atoms with Gasteiger partial charge in [0.25, 0.3) is 0 Å². The first-order chi connectivity index (χ1) is 11.3. The third-order valence-electron chi connectivity index (χ3n) is 4.00. The normalized spacial score (nSPS) is 12.2. The molecule has 7 nitrogen and oxygen atoms in total. The first-order valence-corrected chi connectivity index (χ1v) is 11.8. The molecule has 0 radical (unpaired) electrons. The Kier molecular flexibility index (Phi) is 4.51. The Hall–Kier alpha value is -2.06. The zero-order valence-electron chi connectivity index (χ0n) is 14.9. The summed E-state index contributed by atoms with van der Waals surface area (Å²) in [6, 6.07) is 5.19. The van der Waals surface area contributed by atoms with Crippen molar-refractivity contribution in [2.75, 3.05) is 6.61 Å². The maximum absolute atomic E-state index is 5.88. The Labute approximate surface area is 142 Å². The highest BCUT2D eigenvalue weighted by Gasteiger charge is 2.14. The lowest BCUT2D eigenvalue weighted by atomic mass is 10.2. The van der Waals surface area contributed by atoms with Gasteiger partial charge in [0.1, 0.15) is 18.1 Å². The largest absolute Gasteiger partial charge is 0.361 e. The average molecular weight is 344 g/mol. The number of pyridine rings is 1. The second-order valence-corrected chi connectivity index (χ2v) is 12.9. The minimum absolute atomic E-state index is 0.516. The topological polar surface area (TPSA) is 70.7 Å². The van der Waals surface area contributed by atoms with Crippen LogP contribution in [0.1, 0.15) is 5.56 Å². The molecule has 0 unspecified atom stereocenters. The van der Waals surface area contributed by atoms with Crippen molar-refractivity contribution in [3.05, 3.63) is 23.9 Å². The number of nitrogens with zero attached hydrogens (tertiary/aromatic N) is 6. The van der Waals surface area contributed by atoms with Crippen LogP contribution in [0, 0.1) is 6.92 Å². The van der Waals surface area contributed by atoms with Crippen molar-refractivity contribution in [1.29, 1.82) is 0 Å². The third-order valence-corrected chi connectivity index (χ3v) is 5.70. The molecule has 0 atom stereocenters. The summed E-state index contributed by atoms with van der Waals surface area (Å²) in [7, 11) is 0.740. The van der Waals surface area contributed by atoms with Gasteiger partial charge in [-0.2, -0.15) is 0 Å². The van der Waals surface area contributed by atoms with Crippen molar-refractivity contribution in [1.82, 2.24) is 29.8 Å². The Morgan fingerprint density at radius 1 is 1.21 bits per heavy atom. The Morgan fingerprint density at radius 2 is 2.00 bits per heavy atom. The number of rotatable bonds is 6. The van der Waals surface area contributed by atoms with E-state index in [1.54, 1.807) is 4.68 Å². The van der Waals surface area contributed by atoms with E-state index >= 15 is 0 Å². The predicted molar refractivity (Wildman–Crippen MR) is 96.4 cm³/mol. The van der Waals surface area contributed by atoms with Crippen LogP contribution in [0.4, 0.5) is 0 Å². The van der Waals surface area contributed by atoms with Gasteiger partial charge in [-0.25, -0.2) is 9.67 Å². The molecule has 3 heterocycles. The van der Waals surface area contributed by atoms with Crippen LogP contribution in [0.2, 0.25) is 25.7 Å². The summed E-state index contributed by atoms with van der Waals surface area (Å²) < 4.78 is 9.57. The van der Waals surface area contributed by atoms with Crippen LogP contribution in [-0.4, -0.2) is 44.4 Å². The van der Waals surface area contributed by atoms with Crippen molar-refractivity contribution in [2.45, 2.75) is 39.3 Å². The molecule has 8 heteroatoms. The molecule has 24 heavy (non-hydrogen) atoms. The van der Waals surface area contributed by atoms with E-state index in [0.29, 0.717) is 12.6 Å². The Balaban J connectivity index is 1.84. The number of fused-ring (bicyclic) bond motifs is 1. The molecule has 3 aromatic rings. The van der Waals surface area contributed by atoms with Crippen molar-refractivity contribution in [3.8, 4) is 11.5 Å². The summed E-state index contributed by atoms with van der Waals surface area (Å²) >= 11 is 0. The molecular weight excluding hydrogens is 320 g/mol. The fraction of sp³-hybridized carbons (Fsp3) is 0.500. The SMILES string of the molecule is Cc1cn(COCC[Si](C)(C)C)c2nc(-c3nnnn3C)ccc12. The van der Waals surface area contributed by atoms with Crippen LogP contribution >= 0.6 is 0 Å². The molecule has 0 bridgehead atoms. The summed E-state index contributed by atoms with van der Waals surface area (Å²) in [6.07, 6.45) is 2.09. The van der Waals surface area contributed by atoms with E-state index in [1.807, 2.05) is 13.1 Å². The molecule has 0 aliphatic heterocycles. The van der Waals surface area contributed by atoms with E-state index in [-0.39, 0.29) is 0 Å². The first kappa shape index (κ1) is 16.8. The minimum Gasteiger partial charge on any atom is -0.361 e. The summed E-state index contributed by atoms with van der Waals surface area (Å²) in [5.41, 5.74) is 2.85. The minimum atomic E-state index is -1.07. The van der Waals surface area contributed by atoms with Gasteiger partial charge in [-0.15, -0.1) is 5.10 Å². The van der Waals surface area contributed by atoms with Gasteiger partial charge in [0.15, 0.2) is 5.82 Å². The van der Waals surface area contributed by atoms with Crippen molar-refractivity contribution in [2.24, 2.45) is 7.05 Å². The highest BCUT2D eigenvalue weighted by atomic mass is 28.3. The third kappa shape index (κ3) is 3.54. The number of aryl methyl sites for hydroxylation is 2. The van der Waals surface area contributed by atoms with Gasteiger partial charge >= 0.3 is 0 Å². The van der Waals surface area contributed by atoms with Gasteiger partial charge < -0.3 is 9.30 Å². The van der Waals surface area contributed by atoms with Gasteiger partial charge in [0.05, 0.1) is 0 Å². The lowest BCUT2D eigenvalue weighted by Crippen LogP contribution is -2.22. The van der Waals surface area contributed by atoms with Gasteiger partial charge in [-0.1, -0.05) is 19.6 Å². The second kappa shape index (κ2) is 6.44. The van der Waals surface area contributed by atoms with E-state index < -0.39 is 8.07 Å². The molecule has 0 saturated carbocycles. The molecular formula is C16H24N6OSi. The van der Waals surface area contributed by atoms with E-state index in [1.165, 1.54) is 5.56 Å². The molecule has 3 aromatic heterocycles. The van der Waals surface area contributed by atoms with E-state index in [9.17, 15) is 0 Å². The van der Waals surface area contributed by atoms with Crippen LogP contribution in [0.5, 0.6) is 0 Å². The van der Waals surface area contributed by atoms with Crippen LogP contribution in [0.25, 0.3) is 22.6 Å². The van der Waals surface area contributed by atoms with Crippen LogP contribution in [-0.2, 0) is 18.5 Å². The van der Waals surface area contributed by atoms with Gasteiger partial charge in [0.2, 0.25) is 0 Å². The zero-order chi connectivity index (χ0) is 17.3. The second-order valence-electron chi connectivity index (χ2n) is 7.32. The number of tetrazole rings is 1. The summed E-state index contributed by atoms with van der Waals surface area (Å²) in [5, 5.41) is 12.7. The molecule has 0 spiro atoms. The average Bonchev–Trinajstić information content (AvgIpc) is 3.07. The highest BCUT2D eigenvalue weighted by Crippen LogP contribution is 2.23. The maximum atomic E-state index is 5.88. The highest BCUT2D eigenvalue weighted by molar-refractivity contribution is 6.76. The summed E-state index contributed by atoms with van der Waals surface area (Å²) in [5.74, 6) is 0.655. The Morgan fingerprint density at radius 3 is 2.67 bits per heavy atom. The molecule has 3 rings (SSSR count). The van der Waals surface area contributed by atoms with Gasteiger partial charge in [-0.05, 0) is 41.1 Å². The molecule has 0 saturated heterocycles. The quantitative estimate of drug-likeness (QED) is 0.508. The van der Waals surface area contributed by atoms with E-state index in [4.69, 9.17) is 9.72 Å². The molecule has 0 fully saturated rings. The van der Waals surface area contributed by atoms with E-state index in [2.05, 4.69) is 58.9 Å². The van der Waals surface area contributed by atoms with Crippen LogP contribution < -0.4 is 0 Å². The standard InChI is InChI=1S/C16H24N6OSi/c1-12-10-22(11-23-8-9-24(3,4)5)15-13(12)6-7-14(17-15)16-18-19-20-21(16)2/h6-7,10H,8-9,11H2,1-5H3. The molecule has 0 aromatic carbocycles. The summed E-state index contributed by atoms with van der Waals surface area (Å²) in [4.78, 5) is 4.76. The van der Waals surface area contributed by atoms with Crippen molar-refractivity contribution >= 4 is 19.1 Å². The smallest absolute Gasteiger partial charge is 0.200 e. The number of aromatic nitrogens is 6.